The number of aliphatic imine (C=N–C) groups is 1. The molecule has 0 unspecified atom stereocenters. The molecule has 1 aliphatic heterocycles. The van der Waals surface area contributed by atoms with Crippen LogP contribution in [0.15, 0.2) is 47.5 Å². The van der Waals surface area contributed by atoms with Gasteiger partial charge in [0.2, 0.25) is 0 Å². The number of methoxy groups -OCH3 is 1. The molecule has 0 spiro atoms. The highest BCUT2D eigenvalue weighted by Crippen LogP contribution is 2.27. The van der Waals surface area contributed by atoms with Crippen LogP contribution in [-0.4, -0.2) is 56.1 Å². The molecule has 0 aliphatic carbocycles. The Hall–Kier alpha value is -1.55. The molecule has 1 saturated heterocycles. The molecule has 0 amide bonds. The maximum atomic E-state index is 6.13. The van der Waals surface area contributed by atoms with Crippen molar-refractivity contribution in [3.63, 3.8) is 0 Å². The number of nitrogens with two attached hydrogens (primary N) is 1. The first kappa shape index (κ1) is 23.7. The van der Waals surface area contributed by atoms with Gasteiger partial charge in [0.1, 0.15) is 5.75 Å². The summed E-state index contributed by atoms with van der Waals surface area (Å²) in [5.74, 6) is 0.974. The summed E-state index contributed by atoms with van der Waals surface area (Å²) in [5.41, 5.74) is 9.22. The summed E-state index contributed by atoms with van der Waals surface area (Å²) in [6.07, 6.45) is 0. The second-order valence-electron chi connectivity index (χ2n) is 7.07. The minimum Gasteiger partial charge on any atom is -0.495 e. The predicted octanol–water partition coefficient (Wildman–Crippen LogP) is 3.64. The number of hydrogen-bond donors (Lipinski definition) is 2. The van der Waals surface area contributed by atoms with E-state index in [9.17, 15) is 0 Å². The number of guanidine groups is 1. The summed E-state index contributed by atoms with van der Waals surface area (Å²) in [6, 6.07) is 14.0. The lowest BCUT2D eigenvalue weighted by Crippen LogP contribution is -2.43. The van der Waals surface area contributed by atoms with Crippen molar-refractivity contribution in [3.05, 3.63) is 58.6 Å². The SMILES string of the molecule is COc1ccc(NC(N)=NCc2ccc(CN3CCN(C)CC3)cc2)cc1Cl.I. The number of ether oxygens (including phenoxy) is 1. The largest absolute Gasteiger partial charge is 0.495 e. The van der Waals surface area contributed by atoms with Crippen LogP contribution in [0.3, 0.4) is 0 Å². The zero-order valence-corrected chi connectivity index (χ0v) is 20.0. The van der Waals surface area contributed by atoms with Gasteiger partial charge in [0, 0.05) is 38.4 Å². The zero-order chi connectivity index (χ0) is 19.9. The Labute approximate surface area is 195 Å². The Bertz CT molecular complexity index is 807. The fourth-order valence-electron chi connectivity index (χ4n) is 3.12. The number of halogens is 2. The molecular formula is C21H29ClIN5O. The van der Waals surface area contributed by atoms with E-state index >= 15 is 0 Å². The van der Waals surface area contributed by atoms with Crippen molar-refractivity contribution in [1.82, 2.24) is 9.80 Å². The highest BCUT2D eigenvalue weighted by atomic mass is 127. The minimum atomic E-state index is 0. The first-order valence-electron chi connectivity index (χ1n) is 9.42. The molecule has 3 N–H and O–H groups in total. The zero-order valence-electron chi connectivity index (χ0n) is 16.9. The molecule has 29 heavy (non-hydrogen) atoms. The fraction of sp³-hybridized carbons (Fsp3) is 0.381. The number of rotatable bonds is 6. The van der Waals surface area contributed by atoms with Gasteiger partial charge in [-0.2, -0.15) is 0 Å². The van der Waals surface area contributed by atoms with Crippen LogP contribution in [0.4, 0.5) is 5.69 Å². The van der Waals surface area contributed by atoms with Gasteiger partial charge >= 0.3 is 0 Å². The Morgan fingerprint density at radius 2 is 1.76 bits per heavy atom. The quantitative estimate of drug-likeness (QED) is 0.340. The summed E-state index contributed by atoms with van der Waals surface area (Å²) in [7, 11) is 3.76. The third kappa shape index (κ3) is 7.33. The van der Waals surface area contributed by atoms with E-state index in [-0.39, 0.29) is 24.0 Å². The molecule has 1 fully saturated rings. The molecule has 8 heteroatoms. The number of nitrogens with one attached hydrogen (secondary N) is 1. The summed E-state index contributed by atoms with van der Waals surface area (Å²) in [4.78, 5) is 9.27. The summed E-state index contributed by atoms with van der Waals surface area (Å²) < 4.78 is 5.15. The van der Waals surface area contributed by atoms with E-state index in [0.29, 0.717) is 23.3 Å². The molecule has 158 valence electrons. The molecule has 0 bridgehead atoms. The molecular weight excluding hydrogens is 501 g/mol. The third-order valence-corrected chi connectivity index (χ3v) is 5.18. The molecule has 0 saturated carbocycles. The second kappa shape index (κ2) is 11.6. The van der Waals surface area contributed by atoms with Crippen molar-refractivity contribution in [1.29, 1.82) is 0 Å². The fourth-order valence-corrected chi connectivity index (χ4v) is 3.38. The number of likely N-dealkylation sites (N-methyl/N-ethyl adjacent to an activating group) is 1. The number of hydrogen-bond acceptors (Lipinski definition) is 4. The molecule has 6 nitrogen and oxygen atoms in total. The van der Waals surface area contributed by atoms with E-state index in [1.807, 2.05) is 6.07 Å². The lowest BCUT2D eigenvalue weighted by molar-refractivity contribution is 0.148. The van der Waals surface area contributed by atoms with Crippen LogP contribution < -0.4 is 15.8 Å². The van der Waals surface area contributed by atoms with Crippen LogP contribution >= 0.6 is 35.6 Å². The van der Waals surface area contributed by atoms with Gasteiger partial charge in [0.25, 0.3) is 0 Å². The average Bonchev–Trinajstić information content (AvgIpc) is 2.69. The summed E-state index contributed by atoms with van der Waals surface area (Å²) >= 11 is 6.13. The van der Waals surface area contributed by atoms with E-state index in [1.54, 1.807) is 19.2 Å². The van der Waals surface area contributed by atoms with Crippen molar-refractivity contribution >= 4 is 47.2 Å². The van der Waals surface area contributed by atoms with Gasteiger partial charge in [0.15, 0.2) is 5.96 Å². The van der Waals surface area contributed by atoms with E-state index in [0.717, 1.165) is 44.0 Å². The van der Waals surface area contributed by atoms with Crippen LogP contribution in [-0.2, 0) is 13.1 Å². The van der Waals surface area contributed by atoms with Crippen LogP contribution in [0.1, 0.15) is 11.1 Å². The standard InChI is InChI=1S/C21H28ClN5O.HI/c1-26-9-11-27(12-10-26)15-17-5-3-16(4-6-17)14-24-21(23)25-18-7-8-20(28-2)19(22)13-18;/h3-8,13H,9-12,14-15H2,1-2H3,(H3,23,24,25);1H. The molecule has 2 aromatic rings. The Morgan fingerprint density at radius 3 is 2.38 bits per heavy atom. The van der Waals surface area contributed by atoms with Gasteiger partial charge in [-0.3, -0.25) is 4.90 Å². The maximum absolute atomic E-state index is 6.13. The van der Waals surface area contributed by atoms with Crippen LogP contribution in [0.5, 0.6) is 5.75 Å². The van der Waals surface area contributed by atoms with E-state index < -0.39 is 0 Å². The average molecular weight is 530 g/mol. The first-order valence-corrected chi connectivity index (χ1v) is 9.80. The lowest BCUT2D eigenvalue weighted by Gasteiger charge is -2.32. The summed E-state index contributed by atoms with van der Waals surface area (Å²) in [6.45, 7) is 6.05. The van der Waals surface area contributed by atoms with Crippen molar-refractivity contribution in [2.75, 3.05) is 45.7 Å². The van der Waals surface area contributed by atoms with Crippen molar-refractivity contribution in [2.45, 2.75) is 13.1 Å². The predicted molar refractivity (Wildman–Crippen MR) is 132 cm³/mol. The van der Waals surface area contributed by atoms with Crippen molar-refractivity contribution in [3.8, 4) is 5.75 Å². The summed E-state index contributed by atoms with van der Waals surface area (Å²) in [5, 5.41) is 3.57. The second-order valence-corrected chi connectivity index (χ2v) is 7.48. The van der Waals surface area contributed by atoms with Gasteiger partial charge in [-0.25, -0.2) is 4.99 Å². The number of nitrogens with zero attached hydrogens (tertiary/aromatic N) is 3. The van der Waals surface area contributed by atoms with Gasteiger partial charge in [-0.15, -0.1) is 24.0 Å². The van der Waals surface area contributed by atoms with Gasteiger partial charge in [0.05, 0.1) is 18.7 Å². The monoisotopic (exact) mass is 529 g/mol. The van der Waals surface area contributed by atoms with Crippen molar-refractivity contribution in [2.24, 2.45) is 10.7 Å². The Kier molecular flexibility index (Phi) is 9.48. The van der Waals surface area contributed by atoms with Gasteiger partial charge in [-0.1, -0.05) is 35.9 Å². The number of piperazine rings is 1. The normalized spacial score (nSPS) is 15.6. The van der Waals surface area contributed by atoms with Crippen molar-refractivity contribution < 1.29 is 4.74 Å². The third-order valence-electron chi connectivity index (χ3n) is 4.88. The van der Waals surface area contributed by atoms with E-state index in [4.69, 9.17) is 22.1 Å². The number of benzene rings is 2. The molecule has 0 aromatic heterocycles. The van der Waals surface area contributed by atoms with Gasteiger partial charge < -0.3 is 20.7 Å². The molecule has 1 aliphatic rings. The Morgan fingerprint density at radius 1 is 1.10 bits per heavy atom. The van der Waals surface area contributed by atoms with E-state index in [2.05, 4.69) is 51.4 Å². The van der Waals surface area contributed by atoms with Crippen LogP contribution in [0.2, 0.25) is 5.02 Å². The van der Waals surface area contributed by atoms with Crippen LogP contribution in [0.25, 0.3) is 0 Å². The van der Waals surface area contributed by atoms with Gasteiger partial charge in [-0.05, 0) is 36.4 Å². The molecule has 0 radical (unpaired) electrons. The minimum absolute atomic E-state index is 0. The molecule has 3 rings (SSSR count). The smallest absolute Gasteiger partial charge is 0.193 e. The molecule has 2 aromatic carbocycles. The first-order chi connectivity index (χ1) is 13.5. The topological polar surface area (TPSA) is 66.1 Å². The van der Waals surface area contributed by atoms with Crippen LogP contribution in [0, 0.1) is 0 Å². The Balaban J connectivity index is 0.00000300. The lowest BCUT2D eigenvalue weighted by atomic mass is 10.1. The van der Waals surface area contributed by atoms with E-state index in [1.165, 1.54) is 5.56 Å². The molecule has 1 heterocycles. The molecule has 0 atom stereocenters. The highest BCUT2D eigenvalue weighted by molar-refractivity contribution is 14.0. The highest BCUT2D eigenvalue weighted by Gasteiger charge is 2.13. The number of anilines is 1. The maximum Gasteiger partial charge on any atom is 0.193 e.